The molecule has 6 nitrogen and oxygen atoms in total. The second-order valence-electron chi connectivity index (χ2n) is 8.24. The molecule has 4 rings (SSSR count). The first-order valence-corrected chi connectivity index (χ1v) is 11.7. The molecule has 7 heteroatoms. The third kappa shape index (κ3) is 4.69. The third-order valence-electron chi connectivity index (χ3n) is 5.61. The van der Waals surface area contributed by atoms with E-state index in [1.807, 2.05) is 48.5 Å². The second-order valence-corrected chi connectivity index (χ2v) is 9.29. The van der Waals surface area contributed by atoms with E-state index in [1.165, 1.54) is 11.8 Å². The van der Waals surface area contributed by atoms with Gasteiger partial charge >= 0.3 is 5.97 Å². The van der Waals surface area contributed by atoms with Gasteiger partial charge in [0, 0.05) is 17.5 Å². The standard InChI is InChI=1S/C25H28N2O4S/c1-16(2)25(29)31-22-23(17-10-12-19(30-3)13-11-17)32-21-9-5-4-8-20(21)27(24(22)28)15-18-7-6-14-26-18/h4-5,8-13,16,18,26H,6-7,14-15H2,1-3H3. The van der Waals surface area contributed by atoms with Gasteiger partial charge in [0.15, 0.2) is 0 Å². The monoisotopic (exact) mass is 452 g/mol. The van der Waals surface area contributed by atoms with Gasteiger partial charge in [0.25, 0.3) is 5.91 Å². The number of para-hydroxylation sites is 1. The lowest BCUT2D eigenvalue weighted by molar-refractivity contribution is -0.145. The van der Waals surface area contributed by atoms with Gasteiger partial charge in [-0.1, -0.05) is 49.9 Å². The maximum absolute atomic E-state index is 13.9. The Morgan fingerprint density at radius 2 is 1.94 bits per heavy atom. The van der Waals surface area contributed by atoms with E-state index in [0.717, 1.165) is 35.5 Å². The van der Waals surface area contributed by atoms with E-state index < -0.39 is 5.97 Å². The number of ether oxygens (including phenoxy) is 2. The number of nitrogens with zero attached hydrogens (tertiary/aromatic N) is 1. The molecule has 0 bridgehead atoms. The van der Waals surface area contributed by atoms with Crippen molar-refractivity contribution in [3.8, 4) is 5.75 Å². The zero-order valence-corrected chi connectivity index (χ0v) is 19.4. The van der Waals surface area contributed by atoms with Crippen LogP contribution in [0, 0.1) is 5.92 Å². The molecule has 0 radical (unpaired) electrons. The van der Waals surface area contributed by atoms with Crippen molar-refractivity contribution in [2.24, 2.45) is 5.92 Å². The molecular formula is C25H28N2O4S. The molecule has 0 aliphatic carbocycles. The van der Waals surface area contributed by atoms with Gasteiger partial charge in [0.1, 0.15) is 5.75 Å². The minimum atomic E-state index is -0.426. The van der Waals surface area contributed by atoms with Gasteiger partial charge in [0.2, 0.25) is 5.76 Å². The van der Waals surface area contributed by atoms with E-state index in [9.17, 15) is 9.59 Å². The molecule has 0 saturated carbocycles. The van der Waals surface area contributed by atoms with Gasteiger partial charge in [-0.2, -0.15) is 0 Å². The van der Waals surface area contributed by atoms with Crippen molar-refractivity contribution in [2.45, 2.75) is 37.6 Å². The van der Waals surface area contributed by atoms with Crippen LogP contribution in [-0.4, -0.2) is 38.1 Å². The Hall–Kier alpha value is -2.77. The molecule has 1 fully saturated rings. The third-order valence-corrected chi connectivity index (χ3v) is 6.80. The van der Waals surface area contributed by atoms with Crippen molar-refractivity contribution in [1.82, 2.24) is 5.32 Å². The number of thioether (sulfide) groups is 1. The Bertz CT molecular complexity index is 1030. The zero-order chi connectivity index (χ0) is 22.7. The van der Waals surface area contributed by atoms with Crippen LogP contribution in [0.4, 0.5) is 5.69 Å². The highest BCUT2D eigenvalue weighted by molar-refractivity contribution is 8.08. The lowest BCUT2D eigenvalue weighted by atomic mass is 10.1. The molecule has 2 aliphatic heterocycles. The Kier molecular flexibility index (Phi) is 6.86. The van der Waals surface area contributed by atoms with Crippen LogP contribution < -0.4 is 15.0 Å². The molecule has 32 heavy (non-hydrogen) atoms. The highest BCUT2D eigenvalue weighted by atomic mass is 32.2. The predicted molar refractivity (Wildman–Crippen MR) is 127 cm³/mol. The molecule has 1 atom stereocenters. The SMILES string of the molecule is COc1ccc(C2=C(OC(=O)C(C)C)C(=O)N(CC3CCCN3)c3ccccc3S2)cc1. The Morgan fingerprint density at radius 1 is 1.19 bits per heavy atom. The smallest absolute Gasteiger partial charge is 0.313 e. The van der Waals surface area contributed by atoms with Gasteiger partial charge in [-0.25, -0.2) is 0 Å². The first-order chi connectivity index (χ1) is 15.5. The van der Waals surface area contributed by atoms with Crippen molar-refractivity contribution in [3.05, 3.63) is 59.9 Å². The summed E-state index contributed by atoms with van der Waals surface area (Å²) in [4.78, 5) is 29.8. The minimum absolute atomic E-state index is 0.0769. The maximum atomic E-state index is 13.9. The average molecular weight is 453 g/mol. The van der Waals surface area contributed by atoms with Crippen LogP contribution in [0.1, 0.15) is 32.3 Å². The van der Waals surface area contributed by atoms with E-state index in [2.05, 4.69) is 5.32 Å². The first kappa shape index (κ1) is 22.4. The summed E-state index contributed by atoms with van der Waals surface area (Å²) in [5, 5.41) is 3.47. The van der Waals surface area contributed by atoms with Gasteiger partial charge in [-0.3, -0.25) is 9.59 Å². The van der Waals surface area contributed by atoms with Crippen molar-refractivity contribution in [1.29, 1.82) is 0 Å². The molecule has 2 heterocycles. The van der Waals surface area contributed by atoms with E-state index in [4.69, 9.17) is 9.47 Å². The van der Waals surface area contributed by atoms with E-state index in [-0.39, 0.29) is 23.6 Å². The number of hydrogen-bond donors (Lipinski definition) is 1. The average Bonchev–Trinajstić information content (AvgIpc) is 3.29. The number of nitrogens with one attached hydrogen (secondary N) is 1. The van der Waals surface area contributed by atoms with Crippen LogP contribution in [0.2, 0.25) is 0 Å². The molecule has 1 saturated heterocycles. The van der Waals surface area contributed by atoms with Crippen LogP contribution in [0.15, 0.2) is 59.2 Å². The van der Waals surface area contributed by atoms with Gasteiger partial charge in [-0.05, 0) is 49.2 Å². The number of esters is 1. The van der Waals surface area contributed by atoms with Crippen LogP contribution in [0.25, 0.3) is 4.91 Å². The minimum Gasteiger partial charge on any atom is -0.497 e. The molecule has 168 valence electrons. The molecule has 2 aromatic rings. The van der Waals surface area contributed by atoms with Gasteiger partial charge < -0.3 is 19.7 Å². The van der Waals surface area contributed by atoms with E-state index >= 15 is 0 Å². The largest absolute Gasteiger partial charge is 0.497 e. The fourth-order valence-corrected chi connectivity index (χ4v) is 4.93. The quantitative estimate of drug-likeness (QED) is 0.653. The summed E-state index contributed by atoms with van der Waals surface area (Å²) in [5.41, 5.74) is 1.63. The number of carbonyl (C=O) groups excluding carboxylic acids is 2. The summed E-state index contributed by atoms with van der Waals surface area (Å²) < 4.78 is 11.1. The molecule has 2 aliphatic rings. The number of benzene rings is 2. The Morgan fingerprint density at radius 3 is 2.59 bits per heavy atom. The van der Waals surface area contributed by atoms with Crippen LogP contribution in [0.5, 0.6) is 5.75 Å². The number of hydrogen-bond acceptors (Lipinski definition) is 6. The van der Waals surface area contributed by atoms with Crippen LogP contribution >= 0.6 is 11.8 Å². The molecule has 0 aromatic heterocycles. The van der Waals surface area contributed by atoms with Crippen molar-refractivity contribution in [3.63, 3.8) is 0 Å². The van der Waals surface area contributed by atoms with Gasteiger partial charge in [-0.15, -0.1) is 0 Å². The highest BCUT2D eigenvalue weighted by Gasteiger charge is 2.35. The summed E-state index contributed by atoms with van der Waals surface area (Å²) in [6.07, 6.45) is 2.10. The lowest BCUT2D eigenvalue weighted by Gasteiger charge is -2.26. The number of carbonyl (C=O) groups is 2. The number of fused-ring (bicyclic) bond motifs is 1. The summed E-state index contributed by atoms with van der Waals surface area (Å²) in [5.74, 6) is -0.281. The predicted octanol–water partition coefficient (Wildman–Crippen LogP) is 4.45. The number of methoxy groups -OCH3 is 1. The van der Waals surface area contributed by atoms with Crippen molar-refractivity contribution in [2.75, 3.05) is 25.1 Å². The van der Waals surface area contributed by atoms with E-state index in [0.29, 0.717) is 17.2 Å². The Labute approximate surface area is 193 Å². The second kappa shape index (κ2) is 9.79. The molecule has 1 unspecified atom stereocenters. The molecule has 1 amide bonds. The molecule has 2 aromatic carbocycles. The zero-order valence-electron chi connectivity index (χ0n) is 18.6. The summed E-state index contributed by atoms with van der Waals surface area (Å²) in [6, 6.07) is 15.5. The maximum Gasteiger partial charge on any atom is 0.313 e. The highest BCUT2D eigenvalue weighted by Crippen LogP contribution is 2.45. The van der Waals surface area contributed by atoms with Crippen LogP contribution in [0.3, 0.4) is 0 Å². The molecular weight excluding hydrogens is 424 g/mol. The lowest BCUT2D eigenvalue weighted by Crippen LogP contribution is -2.42. The fourth-order valence-electron chi connectivity index (χ4n) is 3.81. The number of rotatable bonds is 6. The molecule has 1 N–H and O–H groups in total. The first-order valence-electron chi connectivity index (χ1n) is 10.9. The summed E-state index contributed by atoms with van der Waals surface area (Å²) in [7, 11) is 1.61. The van der Waals surface area contributed by atoms with Gasteiger partial charge in [0.05, 0.1) is 23.6 Å². The summed E-state index contributed by atoms with van der Waals surface area (Å²) >= 11 is 1.45. The topological polar surface area (TPSA) is 67.9 Å². The Balaban J connectivity index is 1.83. The van der Waals surface area contributed by atoms with Crippen molar-refractivity contribution < 1.29 is 19.1 Å². The van der Waals surface area contributed by atoms with E-state index in [1.54, 1.807) is 25.9 Å². The summed E-state index contributed by atoms with van der Waals surface area (Å²) in [6.45, 7) is 5.00. The fraction of sp³-hybridized carbons (Fsp3) is 0.360. The normalized spacial score (nSPS) is 18.6. The van der Waals surface area contributed by atoms with Crippen molar-refractivity contribution >= 4 is 34.2 Å². The van der Waals surface area contributed by atoms with Crippen LogP contribution in [-0.2, 0) is 14.3 Å². The number of amides is 1. The number of anilines is 1. The molecule has 0 spiro atoms.